The van der Waals surface area contributed by atoms with E-state index in [1.54, 1.807) is 7.11 Å². The summed E-state index contributed by atoms with van der Waals surface area (Å²) in [5, 5.41) is 6.93. The average molecular weight is 404 g/mol. The average Bonchev–Trinajstić information content (AvgIpc) is 2.76. The van der Waals surface area contributed by atoms with Gasteiger partial charge in [0.25, 0.3) is 0 Å². The second-order valence-electron chi connectivity index (χ2n) is 8.03. The van der Waals surface area contributed by atoms with Crippen LogP contribution in [0.15, 0.2) is 47.1 Å². The molecular formula is C26H33NOSi. The number of benzene rings is 2. The van der Waals surface area contributed by atoms with E-state index in [9.17, 15) is 0 Å². The molecule has 0 unspecified atom stereocenters. The fourth-order valence-electron chi connectivity index (χ4n) is 4.44. The zero-order valence-corrected chi connectivity index (χ0v) is 19.6. The molecule has 0 N–H and O–H groups in total. The zero-order valence-electron chi connectivity index (χ0n) is 18.6. The Labute approximate surface area is 177 Å². The van der Waals surface area contributed by atoms with Crippen molar-refractivity contribution in [2.75, 3.05) is 7.11 Å². The first-order valence-corrected chi connectivity index (χ1v) is 13.6. The van der Waals surface area contributed by atoms with Gasteiger partial charge in [-0.05, 0) is 61.2 Å². The summed E-state index contributed by atoms with van der Waals surface area (Å²) < 4.78 is 0. The van der Waals surface area contributed by atoms with Gasteiger partial charge in [-0.2, -0.15) is 0 Å². The van der Waals surface area contributed by atoms with Gasteiger partial charge in [-0.25, -0.2) is 0 Å². The molecule has 0 saturated carbocycles. The van der Waals surface area contributed by atoms with Crippen LogP contribution in [0.25, 0.3) is 16.3 Å². The molecule has 1 aliphatic carbocycles. The van der Waals surface area contributed by atoms with Crippen LogP contribution in [-0.2, 0) is 4.84 Å². The molecule has 0 fully saturated rings. The number of hydrogen-bond acceptors (Lipinski definition) is 2. The van der Waals surface area contributed by atoms with E-state index in [1.807, 2.05) is 0 Å². The SMILES string of the molecule is CC[Si](C#Cc1ccc2ccccc2c1C1=C(C)CCC/C1=N\OC)(CC)CC. The Morgan fingerprint density at radius 2 is 1.72 bits per heavy atom. The molecule has 0 heterocycles. The Balaban J connectivity index is 2.31. The van der Waals surface area contributed by atoms with E-state index in [0.717, 1.165) is 30.5 Å². The molecule has 0 saturated heterocycles. The van der Waals surface area contributed by atoms with Gasteiger partial charge in [0.15, 0.2) is 0 Å². The lowest BCUT2D eigenvalue weighted by atomic mass is 9.82. The van der Waals surface area contributed by atoms with Crippen molar-refractivity contribution in [3.8, 4) is 11.5 Å². The molecule has 0 aliphatic heterocycles. The normalized spacial score (nSPS) is 16.1. The van der Waals surface area contributed by atoms with Crippen molar-refractivity contribution in [2.45, 2.75) is 65.1 Å². The van der Waals surface area contributed by atoms with Gasteiger partial charge in [-0.3, -0.25) is 0 Å². The quantitative estimate of drug-likeness (QED) is 0.294. The van der Waals surface area contributed by atoms with Crippen LogP contribution in [0.4, 0.5) is 0 Å². The maximum atomic E-state index is 5.22. The van der Waals surface area contributed by atoms with Crippen LogP contribution in [0.2, 0.25) is 18.1 Å². The largest absolute Gasteiger partial charge is 0.399 e. The first-order valence-electron chi connectivity index (χ1n) is 10.9. The molecule has 2 aromatic rings. The van der Waals surface area contributed by atoms with E-state index in [0.29, 0.717) is 0 Å². The summed E-state index contributed by atoms with van der Waals surface area (Å²) >= 11 is 0. The highest BCUT2D eigenvalue weighted by Crippen LogP contribution is 2.36. The summed E-state index contributed by atoms with van der Waals surface area (Å²) in [5.41, 5.74) is 9.87. The van der Waals surface area contributed by atoms with E-state index in [1.165, 1.54) is 45.6 Å². The van der Waals surface area contributed by atoms with Crippen LogP contribution in [0.5, 0.6) is 0 Å². The van der Waals surface area contributed by atoms with Gasteiger partial charge in [0.2, 0.25) is 0 Å². The topological polar surface area (TPSA) is 21.6 Å². The van der Waals surface area contributed by atoms with Crippen molar-refractivity contribution in [3.05, 3.63) is 53.1 Å². The van der Waals surface area contributed by atoms with Crippen LogP contribution in [-0.4, -0.2) is 20.9 Å². The predicted octanol–water partition coefficient (Wildman–Crippen LogP) is 7.20. The summed E-state index contributed by atoms with van der Waals surface area (Å²) in [4.78, 5) is 5.22. The molecule has 0 amide bonds. The number of fused-ring (bicyclic) bond motifs is 1. The zero-order chi connectivity index (χ0) is 20.9. The fourth-order valence-corrected chi connectivity index (χ4v) is 6.87. The van der Waals surface area contributed by atoms with Crippen LogP contribution in [0, 0.1) is 11.5 Å². The molecule has 3 rings (SSSR count). The van der Waals surface area contributed by atoms with Gasteiger partial charge in [-0.1, -0.05) is 67.8 Å². The molecule has 2 aromatic carbocycles. The third-order valence-corrected chi connectivity index (χ3v) is 11.3. The first kappa shape index (κ1) is 21.4. The summed E-state index contributed by atoms with van der Waals surface area (Å²) in [6.07, 6.45) is 3.18. The lowest BCUT2D eigenvalue weighted by Gasteiger charge is -2.23. The second kappa shape index (κ2) is 9.46. The van der Waals surface area contributed by atoms with Crippen LogP contribution >= 0.6 is 0 Å². The number of oxime groups is 1. The Bertz CT molecular complexity index is 994. The summed E-state index contributed by atoms with van der Waals surface area (Å²) in [6, 6.07) is 16.7. The van der Waals surface area contributed by atoms with Crippen molar-refractivity contribution in [3.63, 3.8) is 0 Å². The maximum Gasteiger partial charge on any atom is 0.138 e. The van der Waals surface area contributed by atoms with Gasteiger partial charge in [-0.15, -0.1) is 5.54 Å². The molecule has 0 atom stereocenters. The minimum atomic E-state index is -1.52. The molecule has 3 heteroatoms. The fraction of sp³-hybridized carbons (Fsp3) is 0.423. The highest BCUT2D eigenvalue weighted by atomic mass is 28.3. The lowest BCUT2D eigenvalue weighted by molar-refractivity contribution is 0.213. The second-order valence-corrected chi connectivity index (χ2v) is 13.0. The van der Waals surface area contributed by atoms with Gasteiger partial charge in [0, 0.05) is 16.7 Å². The highest BCUT2D eigenvalue weighted by molar-refractivity contribution is 6.87. The molecular weight excluding hydrogens is 370 g/mol. The van der Waals surface area contributed by atoms with Crippen LogP contribution < -0.4 is 0 Å². The van der Waals surface area contributed by atoms with Crippen molar-refractivity contribution in [1.29, 1.82) is 0 Å². The molecule has 0 bridgehead atoms. The Kier molecular flexibility index (Phi) is 6.98. The van der Waals surface area contributed by atoms with Crippen molar-refractivity contribution in [1.82, 2.24) is 0 Å². The predicted molar refractivity (Wildman–Crippen MR) is 129 cm³/mol. The van der Waals surface area contributed by atoms with Crippen LogP contribution in [0.3, 0.4) is 0 Å². The maximum absolute atomic E-state index is 5.22. The molecule has 29 heavy (non-hydrogen) atoms. The van der Waals surface area contributed by atoms with Crippen molar-refractivity contribution >= 4 is 30.1 Å². The van der Waals surface area contributed by atoms with Crippen molar-refractivity contribution < 1.29 is 4.84 Å². The first-order chi connectivity index (χ1) is 14.1. The lowest BCUT2D eigenvalue weighted by Crippen LogP contribution is -2.29. The number of nitrogens with zero attached hydrogens (tertiary/aromatic N) is 1. The number of hydrogen-bond donors (Lipinski definition) is 0. The number of rotatable bonds is 5. The summed E-state index contributed by atoms with van der Waals surface area (Å²) in [5.74, 6) is 3.66. The summed E-state index contributed by atoms with van der Waals surface area (Å²) in [6.45, 7) is 9.17. The standard InChI is InChI=1S/C26H33NOSi/c1-6-29(7-2,8-3)19-18-22-17-16-21-13-9-10-14-23(21)26(22)25-20(4)12-11-15-24(25)27-28-5/h9-10,13-14,16-17H,6-8,11-12,15H2,1-5H3/b27-24+. The Morgan fingerprint density at radius 1 is 1.00 bits per heavy atom. The minimum absolute atomic E-state index is 0.953. The van der Waals surface area contributed by atoms with Crippen molar-refractivity contribution in [2.24, 2.45) is 5.16 Å². The number of allylic oxidation sites excluding steroid dienone is 2. The molecule has 0 spiro atoms. The van der Waals surface area contributed by atoms with Gasteiger partial charge < -0.3 is 4.84 Å². The van der Waals surface area contributed by atoms with Gasteiger partial charge in [0.1, 0.15) is 15.2 Å². The van der Waals surface area contributed by atoms with Gasteiger partial charge in [0.05, 0.1) is 5.71 Å². The molecule has 1 aliphatic rings. The Hall–Kier alpha value is -2.31. The molecule has 0 aromatic heterocycles. The van der Waals surface area contributed by atoms with E-state index >= 15 is 0 Å². The van der Waals surface area contributed by atoms with E-state index < -0.39 is 8.07 Å². The van der Waals surface area contributed by atoms with E-state index in [4.69, 9.17) is 4.84 Å². The van der Waals surface area contributed by atoms with E-state index in [2.05, 4.69) is 80.7 Å². The highest BCUT2D eigenvalue weighted by Gasteiger charge is 2.25. The summed E-state index contributed by atoms with van der Waals surface area (Å²) in [7, 11) is 0.120. The molecule has 2 nitrogen and oxygen atoms in total. The van der Waals surface area contributed by atoms with Gasteiger partial charge >= 0.3 is 0 Å². The molecule has 0 radical (unpaired) electrons. The van der Waals surface area contributed by atoms with E-state index in [-0.39, 0.29) is 0 Å². The third-order valence-electron chi connectivity index (χ3n) is 6.55. The minimum Gasteiger partial charge on any atom is -0.399 e. The smallest absolute Gasteiger partial charge is 0.138 e. The third kappa shape index (κ3) is 4.33. The monoisotopic (exact) mass is 403 g/mol. The van der Waals surface area contributed by atoms with Crippen LogP contribution in [0.1, 0.15) is 58.1 Å². The molecule has 152 valence electrons. The Morgan fingerprint density at radius 3 is 2.41 bits per heavy atom.